The first-order valence-corrected chi connectivity index (χ1v) is 6.37. The molecule has 0 aliphatic carbocycles. The van der Waals surface area contributed by atoms with Crippen LogP contribution >= 0.6 is 0 Å². The Kier molecular flexibility index (Phi) is 7.10. The molecule has 0 bridgehead atoms. The Bertz CT molecular complexity index is 409. The Morgan fingerprint density at radius 1 is 1.16 bits per heavy atom. The lowest BCUT2D eigenvalue weighted by Gasteiger charge is -2.09. The van der Waals surface area contributed by atoms with Crippen LogP contribution in [0.4, 0.5) is 0 Å². The van der Waals surface area contributed by atoms with E-state index in [9.17, 15) is 4.79 Å². The van der Waals surface area contributed by atoms with Gasteiger partial charge in [-0.1, -0.05) is 36.4 Å². The molecular weight excluding hydrogens is 240 g/mol. The van der Waals surface area contributed by atoms with E-state index < -0.39 is 5.97 Å². The Labute approximate surface area is 114 Å². The summed E-state index contributed by atoms with van der Waals surface area (Å²) in [6.45, 7) is 7.92. The zero-order valence-corrected chi connectivity index (χ0v) is 11.1. The van der Waals surface area contributed by atoms with Crippen LogP contribution in [-0.2, 0) is 20.9 Å². The molecule has 1 aromatic carbocycles. The fourth-order valence-corrected chi connectivity index (χ4v) is 1.45. The van der Waals surface area contributed by atoms with E-state index >= 15 is 0 Å². The SMILES string of the molecule is C=CCCCCOC(=C)C(=O)OCc1ccccc1. The second-order valence-electron chi connectivity index (χ2n) is 4.12. The van der Waals surface area contributed by atoms with E-state index in [1.807, 2.05) is 36.4 Å². The Morgan fingerprint density at radius 2 is 1.89 bits per heavy atom. The third-order valence-corrected chi connectivity index (χ3v) is 2.52. The number of carbonyl (C=O) groups is 1. The Balaban J connectivity index is 2.18. The number of rotatable bonds is 9. The van der Waals surface area contributed by atoms with Crippen molar-refractivity contribution in [2.45, 2.75) is 25.9 Å². The van der Waals surface area contributed by atoms with Crippen LogP contribution in [0, 0.1) is 0 Å². The second kappa shape index (κ2) is 8.97. The smallest absolute Gasteiger partial charge is 0.373 e. The van der Waals surface area contributed by atoms with Gasteiger partial charge in [-0.25, -0.2) is 4.79 Å². The number of allylic oxidation sites excluding steroid dienone is 1. The van der Waals surface area contributed by atoms with Crippen molar-refractivity contribution in [2.24, 2.45) is 0 Å². The monoisotopic (exact) mass is 260 g/mol. The number of unbranched alkanes of at least 4 members (excludes halogenated alkanes) is 2. The van der Waals surface area contributed by atoms with Crippen LogP contribution in [0.5, 0.6) is 0 Å². The molecule has 1 rings (SSSR count). The van der Waals surface area contributed by atoms with E-state index in [1.54, 1.807) is 0 Å². The van der Waals surface area contributed by atoms with Crippen molar-refractivity contribution >= 4 is 5.97 Å². The second-order valence-corrected chi connectivity index (χ2v) is 4.12. The average Bonchev–Trinajstić information content (AvgIpc) is 2.45. The summed E-state index contributed by atoms with van der Waals surface area (Å²) in [7, 11) is 0. The fourth-order valence-electron chi connectivity index (χ4n) is 1.45. The quantitative estimate of drug-likeness (QED) is 0.224. The molecule has 19 heavy (non-hydrogen) atoms. The van der Waals surface area contributed by atoms with Crippen molar-refractivity contribution in [3.63, 3.8) is 0 Å². The molecule has 102 valence electrons. The van der Waals surface area contributed by atoms with E-state index in [1.165, 1.54) is 0 Å². The van der Waals surface area contributed by atoms with Crippen molar-refractivity contribution in [3.8, 4) is 0 Å². The molecule has 0 aliphatic heterocycles. The maximum atomic E-state index is 11.6. The van der Waals surface area contributed by atoms with Crippen LogP contribution in [-0.4, -0.2) is 12.6 Å². The topological polar surface area (TPSA) is 35.5 Å². The average molecular weight is 260 g/mol. The number of carbonyl (C=O) groups excluding carboxylic acids is 1. The van der Waals surface area contributed by atoms with E-state index in [0.717, 1.165) is 24.8 Å². The summed E-state index contributed by atoms with van der Waals surface area (Å²) in [4.78, 5) is 11.6. The van der Waals surface area contributed by atoms with Gasteiger partial charge in [-0.3, -0.25) is 0 Å². The molecule has 0 spiro atoms. The first-order valence-electron chi connectivity index (χ1n) is 6.37. The van der Waals surface area contributed by atoms with Gasteiger partial charge >= 0.3 is 5.97 Å². The molecule has 0 radical (unpaired) electrons. The third-order valence-electron chi connectivity index (χ3n) is 2.52. The van der Waals surface area contributed by atoms with Crippen LogP contribution < -0.4 is 0 Å². The highest BCUT2D eigenvalue weighted by Crippen LogP contribution is 2.05. The van der Waals surface area contributed by atoms with Gasteiger partial charge in [0, 0.05) is 0 Å². The molecule has 0 aliphatic rings. The van der Waals surface area contributed by atoms with Crippen LogP contribution in [0.15, 0.2) is 55.3 Å². The summed E-state index contributed by atoms with van der Waals surface area (Å²) in [6.07, 6.45) is 4.68. The van der Waals surface area contributed by atoms with Gasteiger partial charge in [-0.2, -0.15) is 0 Å². The number of hydrogen-bond acceptors (Lipinski definition) is 3. The molecule has 3 heteroatoms. The van der Waals surface area contributed by atoms with Gasteiger partial charge in [-0.15, -0.1) is 6.58 Å². The highest BCUT2D eigenvalue weighted by atomic mass is 16.6. The normalized spacial score (nSPS) is 9.68. The fraction of sp³-hybridized carbons (Fsp3) is 0.312. The number of esters is 1. The zero-order chi connectivity index (χ0) is 13.9. The van der Waals surface area contributed by atoms with Gasteiger partial charge in [-0.05, 0) is 31.4 Å². The molecule has 0 fully saturated rings. The van der Waals surface area contributed by atoms with Gasteiger partial charge in [0.25, 0.3) is 0 Å². The molecule has 3 nitrogen and oxygen atoms in total. The molecule has 0 saturated heterocycles. The summed E-state index contributed by atoms with van der Waals surface area (Å²) in [5.74, 6) is -0.442. The van der Waals surface area contributed by atoms with Gasteiger partial charge in [0.1, 0.15) is 6.61 Å². The van der Waals surface area contributed by atoms with Gasteiger partial charge in [0.15, 0.2) is 5.76 Å². The van der Waals surface area contributed by atoms with Crippen LogP contribution in [0.3, 0.4) is 0 Å². The van der Waals surface area contributed by atoms with Crippen LogP contribution in [0.1, 0.15) is 24.8 Å². The van der Waals surface area contributed by atoms with Gasteiger partial charge in [0.05, 0.1) is 6.61 Å². The Morgan fingerprint density at radius 3 is 2.58 bits per heavy atom. The molecule has 0 saturated carbocycles. The summed E-state index contributed by atoms with van der Waals surface area (Å²) in [5.41, 5.74) is 0.939. The molecule has 0 aromatic heterocycles. The predicted octanol–water partition coefficient (Wildman–Crippen LogP) is 3.62. The maximum absolute atomic E-state index is 11.6. The zero-order valence-electron chi connectivity index (χ0n) is 11.1. The van der Waals surface area contributed by atoms with E-state index in [0.29, 0.717) is 6.61 Å². The molecule has 0 N–H and O–H groups in total. The predicted molar refractivity (Wildman–Crippen MR) is 75.4 cm³/mol. The summed E-state index contributed by atoms with van der Waals surface area (Å²) in [6, 6.07) is 9.50. The van der Waals surface area contributed by atoms with E-state index in [-0.39, 0.29) is 12.4 Å². The largest absolute Gasteiger partial charge is 0.487 e. The van der Waals surface area contributed by atoms with Crippen molar-refractivity contribution in [1.82, 2.24) is 0 Å². The van der Waals surface area contributed by atoms with E-state index in [4.69, 9.17) is 9.47 Å². The van der Waals surface area contributed by atoms with Crippen molar-refractivity contribution in [1.29, 1.82) is 0 Å². The lowest BCUT2D eigenvalue weighted by atomic mass is 10.2. The van der Waals surface area contributed by atoms with Crippen molar-refractivity contribution in [3.05, 3.63) is 60.9 Å². The molecule has 0 unspecified atom stereocenters. The minimum Gasteiger partial charge on any atom is -0.487 e. The van der Waals surface area contributed by atoms with E-state index in [2.05, 4.69) is 13.2 Å². The lowest BCUT2D eigenvalue weighted by molar-refractivity contribution is -0.144. The standard InChI is InChI=1S/C16H20O3/c1-3-4-5-9-12-18-14(2)16(17)19-13-15-10-7-6-8-11-15/h3,6-8,10-11H,1-2,4-5,9,12-13H2. The van der Waals surface area contributed by atoms with Crippen LogP contribution in [0.2, 0.25) is 0 Å². The lowest BCUT2D eigenvalue weighted by Crippen LogP contribution is -2.10. The number of hydrogen-bond donors (Lipinski definition) is 0. The van der Waals surface area contributed by atoms with Crippen LogP contribution in [0.25, 0.3) is 0 Å². The minimum atomic E-state index is -0.507. The molecule has 0 heterocycles. The highest BCUT2D eigenvalue weighted by molar-refractivity contribution is 5.85. The summed E-state index contributed by atoms with van der Waals surface area (Å²) in [5, 5.41) is 0. The summed E-state index contributed by atoms with van der Waals surface area (Å²) < 4.78 is 10.3. The Hall–Kier alpha value is -2.03. The van der Waals surface area contributed by atoms with Crippen molar-refractivity contribution in [2.75, 3.05) is 6.61 Å². The van der Waals surface area contributed by atoms with Gasteiger partial charge < -0.3 is 9.47 Å². The third kappa shape index (κ3) is 6.46. The van der Waals surface area contributed by atoms with Crippen molar-refractivity contribution < 1.29 is 14.3 Å². The molecular formula is C16H20O3. The summed E-state index contributed by atoms with van der Waals surface area (Å²) >= 11 is 0. The maximum Gasteiger partial charge on any atom is 0.373 e. The molecule has 1 aromatic rings. The first-order chi connectivity index (χ1) is 9.24. The molecule has 0 atom stereocenters. The first kappa shape index (κ1) is 15.0. The highest BCUT2D eigenvalue weighted by Gasteiger charge is 2.09. The molecule has 0 amide bonds. The minimum absolute atomic E-state index is 0.0644. The number of ether oxygens (including phenoxy) is 2. The van der Waals surface area contributed by atoms with Gasteiger partial charge in [0.2, 0.25) is 0 Å². The number of benzene rings is 1.